The minimum Gasteiger partial charge on any atom is -0.461 e. The normalized spacial score (nSPS) is 15.0. The minimum absolute atomic E-state index is 0.104. The van der Waals surface area contributed by atoms with Crippen LogP contribution in [-0.2, 0) is 16.1 Å². The Morgan fingerprint density at radius 3 is 2.40 bits per heavy atom. The van der Waals surface area contributed by atoms with E-state index in [1.54, 1.807) is 18.2 Å². The van der Waals surface area contributed by atoms with E-state index < -0.39 is 0 Å². The number of para-hydroxylation sites is 2. The van der Waals surface area contributed by atoms with Gasteiger partial charge in [0.15, 0.2) is 0 Å². The molecule has 6 nitrogen and oxygen atoms in total. The summed E-state index contributed by atoms with van der Waals surface area (Å²) in [5, 5.41) is 11.2. The van der Waals surface area contributed by atoms with Gasteiger partial charge in [0.1, 0.15) is 12.3 Å². The Hall–Kier alpha value is -2.89. The molecule has 2 aromatic rings. The molecule has 1 heterocycles. The number of rotatable bonds is 5. The molecule has 1 aliphatic rings. The number of ether oxygens (including phenoxy) is 1. The fourth-order valence-electron chi connectivity index (χ4n) is 3.09. The van der Waals surface area contributed by atoms with Crippen LogP contribution < -0.4 is 4.90 Å². The molecule has 3 rings (SSSR count). The Bertz CT molecular complexity index is 740. The largest absolute Gasteiger partial charge is 0.461 e. The van der Waals surface area contributed by atoms with Crippen LogP contribution in [0.25, 0.3) is 0 Å². The van der Waals surface area contributed by atoms with E-state index in [4.69, 9.17) is 4.74 Å². The standard InChI is InChI=1S/C19H20N2O4/c22-19(25-14-15-6-2-1-3-7-15)16-10-12-20(13-11-16)17-8-4-5-9-18(17)21(23)24/h1-9,16H,10-14H2. The van der Waals surface area contributed by atoms with Crippen molar-refractivity contribution in [3.8, 4) is 0 Å². The molecule has 0 unspecified atom stereocenters. The molecule has 25 heavy (non-hydrogen) atoms. The summed E-state index contributed by atoms with van der Waals surface area (Å²) < 4.78 is 5.40. The van der Waals surface area contributed by atoms with Gasteiger partial charge in [-0.15, -0.1) is 0 Å². The Morgan fingerprint density at radius 1 is 1.08 bits per heavy atom. The fourth-order valence-corrected chi connectivity index (χ4v) is 3.09. The first-order valence-electron chi connectivity index (χ1n) is 8.34. The highest BCUT2D eigenvalue weighted by Crippen LogP contribution is 2.31. The van der Waals surface area contributed by atoms with Crippen molar-refractivity contribution in [3.05, 3.63) is 70.3 Å². The maximum absolute atomic E-state index is 12.2. The highest BCUT2D eigenvalue weighted by molar-refractivity contribution is 5.73. The van der Waals surface area contributed by atoms with Crippen LogP contribution in [0.1, 0.15) is 18.4 Å². The topological polar surface area (TPSA) is 72.7 Å². The molecule has 0 spiro atoms. The van der Waals surface area contributed by atoms with Crippen molar-refractivity contribution in [1.29, 1.82) is 0 Å². The minimum atomic E-state index is -0.366. The van der Waals surface area contributed by atoms with Gasteiger partial charge in [-0.3, -0.25) is 14.9 Å². The number of piperidine rings is 1. The molecule has 0 atom stereocenters. The van der Waals surface area contributed by atoms with Gasteiger partial charge in [0, 0.05) is 19.2 Å². The number of carbonyl (C=O) groups is 1. The van der Waals surface area contributed by atoms with Gasteiger partial charge in [0.2, 0.25) is 0 Å². The Labute approximate surface area is 146 Å². The van der Waals surface area contributed by atoms with Crippen LogP contribution in [-0.4, -0.2) is 24.0 Å². The van der Waals surface area contributed by atoms with Gasteiger partial charge < -0.3 is 9.64 Å². The first kappa shape index (κ1) is 17.0. The summed E-state index contributed by atoms with van der Waals surface area (Å²) in [5.41, 5.74) is 1.68. The average molecular weight is 340 g/mol. The van der Waals surface area contributed by atoms with Crippen molar-refractivity contribution in [2.45, 2.75) is 19.4 Å². The van der Waals surface area contributed by atoms with Crippen LogP contribution in [0, 0.1) is 16.0 Å². The van der Waals surface area contributed by atoms with E-state index in [2.05, 4.69) is 0 Å². The quantitative estimate of drug-likeness (QED) is 0.473. The lowest BCUT2D eigenvalue weighted by atomic mass is 9.96. The van der Waals surface area contributed by atoms with Gasteiger partial charge in [-0.1, -0.05) is 42.5 Å². The Kier molecular flexibility index (Phi) is 5.28. The molecule has 0 aromatic heterocycles. The van der Waals surface area contributed by atoms with Crippen LogP contribution in [0.2, 0.25) is 0 Å². The van der Waals surface area contributed by atoms with E-state index in [1.165, 1.54) is 6.07 Å². The van der Waals surface area contributed by atoms with E-state index in [1.807, 2.05) is 35.2 Å². The van der Waals surface area contributed by atoms with Crippen LogP contribution in [0.5, 0.6) is 0 Å². The second-order valence-electron chi connectivity index (χ2n) is 6.10. The summed E-state index contributed by atoms with van der Waals surface area (Å²) in [6.07, 6.45) is 1.28. The lowest BCUT2D eigenvalue weighted by Crippen LogP contribution is -2.37. The molecule has 0 N–H and O–H groups in total. The number of nitro groups is 1. The fraction of sp³-hybridized carbons (Fsp3) is 0.316. The number of carbonyl (C=O) groups excluding carboxylic acids is 1. The molecule has 0 bridgehead atoms. The van der Waals surface area contributed by atoms with Crippen molar-refractivity contribution in [2.24, 2.45) is 5.92 Å². The van der Waals surface area contributed by atoms with E-state index >= 15 is 0 Å². The molecule has 1 fully saturated rings. The number of esters is 1. The van der Waals surface area contributed by atoms with Crippen LogP contribution in [0.4, 0.5) is 11.4 Å². The maximum atomic E-state index is 12.2. The molecule has 2 aromatic carbocycles. The van der Waals surface area contributed by atoms with E-state index in [9.17, 15) is 14.9 Å². The first-order chi connectivity index (χ1) is 12.1. The van der Waals surface area contributed by atoms with Crippen LogP contribution >= 0.6 is 0 Å². The lowest BCUT2D eigenvalue weighted by Gasteiger charge is -2.32. The summed E-state index contributed by atoms with van der Waals surface area (Å²) in [7, 11) is 0. The number of hydrogen-bond acceptors (Lipinski definition) is 5. The number of nitrogens with zero attached hydrogens (tertiary/aromatic N) is 2. The average Bonchev–Trinajstić information content (AvgIpc) is 2.67. The predicted molar refractivity (Wildman–Crippen MR) is 94.3 cm³/mol. The third-order valence-corrected chi connectivity index (χ3v) is 4.47. The molecule has 1 aliphatic heterocycles. The lowest BCUT2D eigenvalue weighted by molar-refractivity contribution is -0.384. The molecule has 1 saturated heterocycles. The molecule has 0 amide bonds. The zero-order valence-electron chi connectivity index (χ0n) is 13.8. The second-order valence-corrected chi connectivity index (χ2v) is 6.10. The third kappa shape index (κ3) is 4.15. The van der Waals surface area contributed by atoms with Gasteiger partial charge >= 0.3 is 5.97 Å². The van der Waals surface area contributed by atoms with Gasteiger partial charge in [-0.05, 0) is 24.5 Å². The zero-order chi connectivity index (χ0) is 17.6. The monoisotopic (exact) mass is 340 g/mol. The summed E-state index contributed by atoms with van der Waals surface area (Å²) in [5.74, 6) is -0.339. The molecule has 0 saturated carbocycles. The summed E-state index contributed by atoms with van der Waals surface area (Å²) in [4.78, 5) is 25.0. The van der Waals surface area contributed by atoms with E-state index in [0.29, 0.717) is 31.6 Å². The van der Waals surface area contributed by atoms with Crippen LogP contribution in [0.15, 0.2) is 54.6 Å². The van der Waals surface area contributed by atoms with E-state index in [-0.39, 0.29) is 29.1 Å². The van der Waals surface area contributed by atoms with Crippen molar-refractivity contribution in [2.75, 3.05) is 18.0 Å². The summed E-state index contributed by atoms with van der Waals surface area (Å²) in [6.45, 7) is 1.50. The smallest absolute Gasteiger partial charge is 0.309 e. The van der Waals surface area contributed by atoms with Gasteiger partial charge in [-0.2, -0.15) is 0 Å². The molecule has 0 aliphatic carbocycles. The number of nitro benzene ring substituents is 1. The molecular formula is C19H20N2O4. The molecule has 130 valence electrons. The first-order valence-corrected chi connectivity index (χ1v) is 8.34. The third-order valence-electron chi connectivity index (χ3n) is 4.47. The zero-order valence-corrected chi connectivity index (χ0v) is 13.8. The Morgan fingerprint density at radius 2 is 1.72 bits per heavy atom. The second kappa shape index (κ2) is 7.79. The van der Waals surface area contributed by atoms with Gasteiger partial charge in [0.25, 0.3) is 5.69 Å². The van der Waals surface area contributed by atoms with Crippen molar-refractivity contribution in [3.63, 3.8) is 0 Å². The summed E-state index contributed by atoms with van der Waals surface area (Å²) >= 11 is 0. The highest BCUT2D eigenvalue weighted by Gasteiger charge is 2.28. The maximum Gasteiger partial charge on any atom is 0.309 e. The van der Waals surface area contributed by atoms with Gasteiger partial charge in [0.05, 0.1) is 10.8 Å². The van der Waals surface area contributed by atoms with Crippen molar-refractivity contribution in [1.82, 2.24) is 0 Å². The summed E-state index contributed by atoms with van der Waals surface area (Å²) in [6, 6.07) is 16.3. The van der Waals surface area contributed by atoms with E-state index in [0.717, 1.165) is 5.56 Å². The van der Waals surface area contributed by atoms with Gasteiger partial charge in [-0.25, -0.2) is 0 Å². The molecule has 0 radical (unpaired) electrons. The molecular weight excluding hydrogens is 320 g/mol. The SMILES string of the molecule is O=C(OCc1ccccc1)C1CCN(c2ccccc2[N+](=O)[O-])CC1. The van der Waals surface area contributed by atoms with Crippen molar-refractivity contribution >= 4 is 17.3 Å². The predicted octanol–water partition coefficient (Wildman–Crippen LogP) is 3.55. The number of benzene rings is 2. The van der Waals surface area contributed by atoms with Crippen LogP contribution in [0.3, 0.4) is 0 Å². The van der Waals surface area contributed by atoms with Crippen molar-refractivity contribution < 1.29 is 14.5 Å². The highest BCUT2D eigenvalue weighted by atomic mass is 16.6. The number of hydrogen-bond donors (Lipinski definition) is 0. The number of anilines is 1. The Balaban J connectivity index is 1.55. The molecule has 6 heteroatoms.